The monoisotopic (exact) mass is 263 g/mol. The summed E-state index contributed by atoms with van der Waals surface area (Å²) in [5.41, 5.74) is 0. The third-order valence-corrected chi connectivity index (χ3v) is 3.32. The number of halogens is 1. The summed E-state index contributed by atoms with van der Waals surface area (Å²) in [6.45, 7) is 4.31. The van der Waals surface area contributed by atoms with Crippen molar-refractivity contribution in [3.05, 3.63) is 0 Å². The molecule has 0 spiro atoms. The highest BCUT2D eigenvalue weighted by molar-refractivity contribution is 9.09. The van der Waals surface area contributed by atoms with Crippen molar-refractivity contribution in [1.29, 1.82) is 0 Å². The molecule has 84 valence electrons. The van der Waals surface area contributed by atoms with Crippen molar-refractivity contribution in [3.63, 3.8) is 0 Å². The average molecular weight is 264 g/mol. The molecule has 1 heterocycles. The summed E-state index contributed by atoms with van der Waals surface area (Å²) in [5, 5.41) is 4.69. The van der Waals surface area contributed by atoms with Gasteiger partial charge in [-0.15, -0.1) is 0 Å². The van der Waals surface area contributed by atoms with Crippen LogP contribution >= 0.6 is 15.9 Å². The molecule has 0 amide bonds. The van der Waals surface area contributed by atoms with Crippen molar-refractivity contribution in [1.82, 2.24) is 5.32 Å². The lowest BCUT2D eigenvalue weighted by Crippen LogP contribution is -2.28. The standard InChI is InChI=1S/C11H22BrNO/c12-6-2-1-3-7-13-10-11-4-8-14-9-5-11/h11,13H,1-10H2. The van der Waals surface area contributed by atoms with Gasteiger partial charge in [0.05, 0.1) is 0 Å². The first-order chi connectivity index (χ1) is 6.93. The van der Waals surface area contributed by atoms with Crippen LogP contribution in [-0.4, -0.2) is 31.6 Å². The first kappa shape index (κ1) is 12.5. The number of hydrogen-bond acceptors (Lipinski definition) is 2. The Balaban J connectivity index is 1.82. The van der Waals surface area contributed by atoms with Crippen LogP contribution in [0, 0.1) is 5.92 Å². The predicted molar refractivity (Wildman–Crippen MR) is 64.1 cm³/mol. The summed E-state index contributed by atoms with van der Waals surface area (Å²) < 4.78 is 5.33. The summed E-state index contributed by atoms with van der Waals surface area (Å²) in [5.74, 6) is 0.861. The van der Waals surface area contributed by atoms with Gasteiger partial charge in [0.15, 0.2) is 0 Å². The van der Waals surface area contributed by atoms with Gasteiger partial charge in [-0.1, -0.05) is 22.4 Å². The molecular weight excluding hydrogens is 242 g/mol. The molecule has 1 fully saturated rings. The molecule has 0 aliphatic carbocycles. The molecule has 0 saturated carbocycles. The molecule has 0 aromatic carbocycles. The maximum Gasteiger partial charge on any atom is 0.0469 e. The van der Waals surface area contributed by atoms with Gasteiger partial charge in [0, 0.05) is 18.5 Å². The van der Waals surface area contributed by atoms with E-state index >= 15 is 0 Å². The van der Waals surface area contributed by atoms with E-state index in [4.69, 9.17) is 4.74 Å². The van der Waals surface area contributed by atoms with Crippen molar-refractivity contribution in [2.75, 3.05) is 31.6 Å². The Morgan fingerprint density at radius 1 is 1.14 bits per heavy atom. The van der Waals surface area contributed by atoms with Gasteiger partial charge in [0.1, 0.15) is 0 Å². The number of ether oxygens (including phenoxy) is 1. The number of alkyl halides is 1. The van der Waals surface area contributed by atoms with Gasteiger partial charge in [-0.25, -0.2) is 0 Å². The Morgan fingerprint density at radius 2 is 1.93 bits per heavy atom. The Morgan fingerprint density at radius 3 is 2.64 bits per heavy atom. The Labute approximate surface area is 95.9 Å². The lowest BCUT2D eigenvalue weighted by Gasteiger charge is -2.22. The Bertz CT molecular complexity index is 126. The average Bonchev–Trinajstić information content (AvgIpc) is 2.25. The van der Waals surface area contributed by atoms with E-state index in [1.54, 1.807) is 0 Å². The number of nitrogens with one attached hydrogen (secondary N) is 1. The second-order valence-electron chi connectivity index (χ2n) is 4.01. The van der Waals surface area contributed by atoms with Crippen molar-refractivity contribution in [2.45, 2.75) is 32.1 Å². The predicted octanol–water partition coefficient (Wildman–Crippen LogP) is 2.57. The highest BCUT2D eigenvalue weighted by atomic mass is 79.9. The highest BCUT2D eigenvalue weighted by Crippen LogP contribution is 2.13. The molecule has 1 saturated heterocycles. The van der Waals surface area contributed by atoms with E-state index in [1.807, 2.05) is 0 Å². The van der Waals surface area contributed by atoms with Crippen LogP contribution in [0.1, 0.15) is 32.1 Å². The second-order valence-corrected chi connectivity index (χ2v) is 4.80. The molecule has 1 rings (SSSR count). The molecule has 1 aliphatic rings. The van der Waals surface area contributed by atoms with Gasteiger partial charge in [-0.2, -0.15) is 0 Å². The summed E-state index contributed by atoms with van der Waals surface area (Å²) >= 11 is 3.45. The largest absolute Gasteiger partial charge is 0.381 e. The maximum atomic E-state index is 5.33. The third-order valence-electron chi connectivity index (χ3n) is 2.76. The van der Waals surface area contributed by atoms with Gasteiger partial charge in [-0.3, -0.25) is 0 Å². The van der Waals surface area contributed by atoms with Crippen LogP contribution in [0.5, 0.6) is 0 Å². The summed E-state index contributed by atoms with van der Waals surface area (Å²) in [7, 11) is 0. The first-order valence-corrected chi connectivity index (χ1v) is 6.90. The lowest BCUT2D eigenvalue weighted by atomic mass is 10.0. The van der Waals surface area contributed by atoms with Crippen molar-refractivity contribution >= 4 is 15.9 Å². The minimum Gasteiger partial charge on any atom is -0.381 e. The minimum atomic E-state index is 0.861. The zero-order valence-corrected chi connectivity index (χ0v) is 10.5. The van der Waals surface area contributed by atoms with E-state index < -0.39 is 0 Å². The number of rotatable bonds is 7. The van der Waals surface area contributed by atoms with Crippen LogP contribution < -0.4 is 5.32 Å². The molecule has 0 radical (unpaired) electrons. The van der Waals surface area contributed by atoms with Crippen LogP contribution in [0.15, 0.2) is 0 Å². The van der Waals surface area contributed by atoms with Gasteiger partial charge < -0.3 is 10.1 Å². The van der Waals surface area contributed by atoms with E-state index in [9.17, 15) is 0 Å². The van der Waals surface area contributed by atoms with E-state index in [0.717, 1.165) is 24.5 Å². The molecule has 0 bridgehead atoms. The van der Waals surface area contributed by atoms with E-state index in [-0.39, 0.29) is 0 Å². The molecule has 0 atom stereocenters. The topological polar surface area (TPSA) is 21.3 Å². The van der Waals surface area contributed by atoms with Crippen molar-refractivity contribution < 1.29 is 4.74 Å². The molecular formula is C11H22BrNO. The fraction of sp³-hybridized carbons (Fsp3) is 1.00. The summed E-state index contributed by atoms with van der Waals surface area (Å²) in [4.78, 5) is 0. The summed E-state index contributed by atoms with van der Waals surface area (Å²) in [6.07, 6.45) is 6.45. The SMILES string of the molecule is BrCCCCCNCC1CCOCC1. The van der Waals surface area contributed by atoms with Gasteiger partial charge in [-0.05, 0) is 44.7 Å². The maximum absolute atomic E-state index is 5.33. The molecule has 14 heavy (non-hydrogen) atoms. The third kappa shape index (κ3) is 5.99. The minimum absolute atomic E-state index is 0.861. The lowest BCUT2D eigenvalue weighted by molar-refractivity contribution is 0.0663. The molecule has 3 heteroatoms. The van der Waals surface area contributed by atoms with Crippen molar-refractivity contribution in [2.24, 2.45) is 5.92 Å². The van der Waals surface area contributed by atoms with Gasteiger partial charge in [0.25, 0.3) is 0 Å². The smallest absolute Gasteiger partial charge is 0.0469 e. The fourth-order valence-corrected chi connectivity index (χ4v) is 2.17. The van der Waals surface area contributed by atoms with Crippen LogP contribution in [0.3, 0.4) is 0 Å². The van der Waals surface area contributed by atoms with Crippen LogP contribution in [0.25, 0.3) is 0 Å². The quantitative estimate of drug-likeness (QED) is 0.563. The Hall–Kier alpha value is 0.400. The van der Waals surface area contributed by atoms with Crippen LogP contribution in [0.4, 0.5) is 0 Å². The van der Waals surface area contributed by atoms with Crippen LogP contribution in [-0.2, 0) is 4.74 Å². The van der Waals surface area contributed by atoms with E-state index in [1.165, 1.54) is 45.2 Å². The van der Waals surface area contributed by atoms with E-state index in [2.05, 4.69) is 21.2 Å². The number of hydrogen-bond donors (Lipinski definition) is 1. The molecule has 0 aromatic rings. The molecule has 1 N–H and O–H groups in total. The zero-order valence-electron chi connectivity index (χ0n) is 8.93. The molecule has 2 nitrogen and oxygen atoms in total. The van der Waals surface area contributed by atoms with E-state index in [0.29, 0.717) is 0 Å². The van der Waals surface area contributed by atoms with Crippen LogP contribution in [0.2, 0.25) is 0 Å². The molecule has 1 aliphatic heterocycles. The summed E-state index contributed by atoms with van der Waals surface area (Å²) in [6, 6.07) is 0. The second kappa shape index (κ2) is 8.69. The molecule has 0 aromatic heterocycles. The zero-order chi connectivity index (χ0) is 10.1. The number of unbranched alkanes of at least 4 members (excludes halogenated alkanes) is 2. The normalized spacial score (nSPS) is 18.6. The highest BCUT2D eigenvalue weighted by Gasteiger charge is 2.12. The Kier molecular flexibility index (Phi) is 7.74. The van der Waals surface area contributed by atoms with Gasteiger partial charge in [0.2, 0.25) is 0 Å². The van der Waals surface area contributed by atoms with Crippen molar-refractivity contribution in [3.8, 4) is 0 Å². The first-order valence-electron chi connectivity index (χ1n) is 5.78. The molecule has 0 unspecified atom stereocenters. The fourth-order valence-electron chi connectivity index (χ4n) is 1.78. The van der Waals surface area contributed by atoms with Gasteiger partial charge >= 0.3 is 0 Å².